The second-order valence-corrected chi connectivity index (χ2v) is 19.2. The Morgan fingerprint density at radius 1 is 0.365 bits per heavy atom. The zero-order chi connectivity index (χ0) is 42.6. The van der Waals surface area contributed by atoms with Crippen LogP contribution in [0.4, 0.5) is 17.1 Å². The maximum absolute atomic E-state index is 3.57. The molecule has 0 amide bonds. The lowest BCUT2D eigenvalue weighted by Gasteiger charge is -2.30. The molecule has 0 saturated heterocycles. The summed E-state index contributed by atoms with van der Waals surface area (Å²) in [4.78, 5) is 2.46. The minimum absolute atomic E-state index is 0.107. The second-order valence-electron chi connectivity index (χ2n) is 18.3. The minimum Gasteiger partial charge on any atom is -0.310 e. The Morgan fingerprint density at radius 3 is 1.41 bits per heavy atom. The highest BCUT2D eigenvalue weighted by molar-refractivity contribution is 9.10. The van der Waals surface area contributed by atoms with E-state index in [-0.39, 0.29) is 10.8 Å². The first-order chi connectivity index (χ1) is 30.6. The first kappa shape index (κ1) is 37.8. The maximum atomic E-state index is 3.57. The molecular weight excluding hydrogens is 829 g/mol. The zero-order valence-corrected chi connectivity index (χ0v) is 37.4. The highest BCUT2D eigenvalue weighted by Gasteiger charge is 2.37. The van der Waals surface area contributed by atoms with Gasteiger partial charge in [-0.3, -0.25) is 0 Å². The van der Waals surface area contributed by atoms with Gasteiger partial charge in [-0.05, 0) is 146 Å². The first-order valence-corrected chi connectivity index (χ1v) is 22.7. The fraction of sp³-hybridized carbons (Fsp3) is 0.100. The molecule has 9 aromatic carbocycles. The predicted molar refractivity (Wildman–Crippen MR) is 269 cm³/mol. The number of anilines is 3. The Balaban J connectivity index is 0.948. The van der Waals surface area contributed by atoms with Crippen molar-refractivity contribution >= 4 is 54.8 Å². The van der Waals surface area contributed by atoms with Gasteiger partial charge in [-0.25, -0.2) is 0 Å². The summed E-state index contributed by atoms with van der Waals surface area (Å²) in [6.45, 7) is 9.46. The van der Waals surface area contributed by atoms with Crippen molar-refractivity contribution in [2.45, 2.75) is 38.5 Å². The number of halogens is 1. The van der Waals surface area contributed by atoms with Gasteiger partial charge in [-0.1, -0.05) is 165 Å². The molecule has 63 heavy (non-hydrogen) atoms. The summed E-state index contributed by atoms with van der Waals surface area (Å²) in [6, 6.07) is 74.4. The van der Waals surface area contributed by atoms with Crippen molar-refractivity contribution in [2.75, 3.05) is 4.90 Å². The van der Waals surface area contributed by atoms with Crippen molar-refractivity contribution in [3.63, 3.8) is 0 Å². The van der Waals surface area contributed by atoms with Crippen LogP contribution in [0.3, 0.4) is 0 Å². The molecule has 0 bridgehead atoms. The van der Waals surface area contributed by atoms with Crippen LogP contribution in [0.15, 0.2) is 205 Å². The van der Waals surface area contributed by atoms with Crippen molar-refractivity contribution in [2.24, 2.45) is 0 Å². The summed E-state index contributed by atoms with van der Waals surface area (Å²) in [5, 5.41) is 2.49. The number of aromatic nitrogens is 1. The Kier molecular flexibility index (Phi) is 8.42. The molecule has 10 aromatic rings. The van der Waals surface area contributed by atoms with Gasteiger partial charge in [-0.15, -0.1) is 0 Å². The predicted octanol–water partition coefficient (Wildman–Crippen LogP) is 17.0. The molecule has 3 heteroatoms. The van der Waals surface area contributed by atoms with Crippen LogP contribution >= 0.6 is 15.9 Å². The number of hydrogen-bond acceptors (Lipinski definition) is 1. The van der Waals surface area contributed by atoms with Crippen LogP contribution in [0.5, 0.6) is 0 Å². The molecule has 2 aliphatic carbocycles. The molecule has 0 radical (unpaired) electrons. The van der Waals surface area contributed by atoms with E-state index in [1.165, 1.54) is 88.6 Å². The van der Waals surface area contributed by atoms with Gasteiger partial charge in [0.25, 0.3) is 0 Å². The molecular formula is C60H45BrN2. The van der Waals surface area contributed by atoms with Crippen LogP contribution in [-0.2, 0) is 10.8 Å². The summed E-state index contributed by atoms with van der Waals surface area (Å²) in [5.41, 5.74) is 22.4. The van der Waals surface area contributed by atoms with Crippen molar-refractivity contribution in [1.82, 2.24) is 4.57 Å². The van der Waals surface area contributed by atoms with Crippen molar-refractivity contribution < 1.29 is 0 Å². The summed E-state index contributed by atoms with van der Waals surface area (Å²) < 4.78 is 3.48. The van der Waals surface area contributed by atoms with Crippen LogP contribution in [-0.4, -0.2) is 4.57 Å². The lowest BCUT2D eigenvalue weighted by molar-refractivity contribution is 0.660. The van der Waals surface area contributed by atoms with E-state index >= 15 is 0 Å². The smallest absolute Gasteiger partial charge is 0.0541 e. The van der Waals surface area contributed by atoms with Crippen LogP contribution in [0.2, 0.25) is 0 Å². The van der Waals surface area contributed by atoms with Crippen molar-refractivity contribution in [3.8, 4) is 50.2 Å². The fourth-order valence-corrected chi connectivity index (χ4v) is 11.1. The Labute approximate surface area is 377 Å². The van der Waals surface area contributed by atoms with Gasteiger partial charge in [-0.2, -0.15) is 0 Å². The summed E-state index contributed by atoms with van der Waals surface area (Å²) in [6.07, 6.45) is 0. The SMILES string of the molecule is CC1(C)c2ccccc2-c2ccc(N(c3ccc(-c4ccc5c(c4)c4ccccc4n5-c4ccc(-c5ccc(Br)cc5)cc4)cc3)c3ccc4c(c3)C(C)(C)c3ccccc3-4)cc21. The number of hydrogen-bond donors (Lipinski definition) is 0. The zero-order valence-electron chi connectivity index (χ0n) is 35.8. The van der Waals surface area contributed by atoms with Gasteiger partial charge in [0.15, 0.2) is 0 Å². The van der Waals surface area contributed by atoms with Crippen molar-refractivity contribution in [3.05, 3.63) is 227 Å². The maximum Gasteiger partial charge on any atom is 0.0541 e. The van der Waals surface area contributed by atoms with E-state index in [1.807, 2.05) is 0 Å². The van der Waals surface area contributed by atoms with Gasteiger partial charge < -0.3 is 9.47 Å². The van der Waals surface area contributed by atoms with E-state index in [9.17, 15) is 0 Å². The second kappa shape index (κ2) is 14.0. The molecule has 1 aromatic heterocycles. The third-order valence-electron chi connectivity index (χ3n) is 14.1. The molecule has 12 rings (SSSR count). The normalized spacial score (nSPS) is 14.0. The number of nitrogens with zero attached hydrogens (tertiary/aromatic N) is 2. The topological polar surface area (TPSA) is 8.17 Å². The molecule has 0 atom stereocenters. The summed E-state index contributed by atoms with van der Waals surface area (Å²) >= 11 is 3.57. The highest BCUT2D eigenvalue weighted by Crippen LogP contribution is 2.53. The Bertz CT molecular complexity index is 3330. The number of benzene rings is 9. The molecule has 0 unspecified atom stereocenters. The quantitative estimate of drug-likeness (QED) is 0.162. The molecule has 0 spiro atoms. The van der Waals surface area contributed by atoms with Crippen LogP contribution in [0.25, 0.3) is 72.0 Å². The summed E-state index contributed by atoms with van der Waals surface area (Å²) in [7, 11) is 0. The summed E-state index contributed by atoms with van der Waals surface area (Å²) in [5.74, 6) is 0. The van der Waals surface area contributed by atoms with Crippen molar-refractivity contribution in [1.29, 1.82) is 0 Å². The minimum atomic E-state index is -0.107. The van der Waals surface area contributed by atoms with Gasteiger partial charge in [0.1, 0.15) is 0 Å². The molecule has 2 nitrogen and oxygen atoms in total. The Morgan fingerprint density at radius 2 is 0.810 bits per heavy atom. The first-order valence-electron chi connectivity index (χ1n) is 21.9. The molecule has 0 aliphatic heterocycles. The van der Waals surface area contributed by atoms with Crippen LogP contribution in [0.1, 0.15) is 49.9 Å². The van der Waals surface area contributed by atoms with E-state index in [0.29, 0.717) is 0 Å². The third-order valence-corrected chi connectivity index (χ3v) is 14.6. The lowest BCUT2D eigenvalue weighted by Crippen LogP contribution is -2.18. The van der Waals surface area contributed by atoms with Gasteiger partial charge in [0.2, 0.25) is 0 Å². The Hall–Kier alpha value is -6.94. The lowest BCUT2D eigenvalue weighted by atomic mass is 9.82. The number of rotatable bonds is 6. The van der Waals surface area contributed by atoms with E-state index in [2.05, 4.69) is 253 Å². The molecule has 2 aliphatic rings. The van der Waals surface area contributed by atoms with Gasteiger partial charge >= 0.3 is 0 Å². The van der Waals surface area contributed by atoms with E-state index in [1.54, 1.807) is 0 Å². The van der Waals surface area contributed by atoms with Gasteiger partial charge in [0, 0.05) is 48.8 Å². The highest BCUT2D eigenvalue weighted by atomic mass is 79.9. The number of para-hydroxylation sites is 1. The monoisotopic (exact) mass is 872 g/mol. The standard InChI is InChI=1S/C60H45BrN2/c1-59(2)53-14-8-5-11-47(53)49-32-30-45(36-55(49)59)62(46-31-33-50-48-12-6-9-15-54(48)60(3,4)56(50)37-46)43-26-21-40(22-27-43)41-23-34-58-52(35-41)51-13-7-10-16-57(51)63(58)44-28-19-39(20-29-44)38-17-24-42(61)25-18-38/h5-37H,1-4H3. The molecule has 0 fully saturated rings. The molecule has 0 saturated carbocycles. The average molecular weight is 874 g/mol. The number of fused-ring (bicyclic) bond motifs is 9. The van der Waals surface area contributed by atoms with E-state index < -0.39 is 0 Å². The van der Waals surface area contributed by atoms with E-state index in [0.717, 1.165) is 27.2 Å². The molecule has 302 valence electrons. The third kappa shape index (κ3) is 5.83. The van der Waals surface area contributed by atoms with E-state index in [4.69, 9.17) is 0 Å². The molecule has 1 heterocycles. The van der Waals surface area contributed by atoms with Crippen LogP contribution < -0.4 is 4.90 Å². The van der Waals surface area contributed by atoms with Crippen LogP contribution in [0, 0.1) is 0 Å². The van der Waals surface area contributed by atoms with Gasteiger partial charge in [0.05, 0.1) is 11.0 Å². The molecule has 0 N–H and O–H groups in total. The largest absolute Gasteiger partial charge is 0.310 e. The average Bonchev–Trinajstić information content (AvgIpc) is 3.86. The fourth-order valence-electron chi connectivity index (χ4n) is 10.8.